The molecule has 8 aromatic rings. The first-order chi connectivity index (χ1) is 24.6. The number of hydrogen-bond donors (Lipinski definition) is 0. The molecule has 0 aliphatic carbocycles. The maximum absolute atomic E-state index is 5.06. The van der Waals surface area contributed by atoms with Crippen LogP contribution in [-0.2, 0) is 44.7 Å². The van der Waals surface area contributed by atoms with Gasteiger partial charge >= 0.3 is 19.5 Å². The van der Waals surface area contributed by atoms with Crippen molar-refractivity contribution in [2.24, 2.45) is 10.2 Å². The monoisotopic (exact) mass is 754 g/mol. The molecule has 244 valence electrons. The normalized spacial score (nSPS) is 11.0. The van der Waals surface area contributed by atoms with Crippen LogP contribution < -0.4 is 0 Å². The van der Waals surface area contributed by atoms with Crippen LogP contribution in [0.15, 0.2) is 167 Å². The topological polar surface area (TPSA) is 122 Å². The Morgan fingerprint density at radius 2 is 0.843 bits per heavy atom. The minimum absolute atomic E-state index is 0. The minimum atomic E-state index is 0. The molecule has 0 radical (unpaired) electrons. The van der Waals surface area contributed by atoms with Crippen LogP contribution in [0.25, 0.3) is 33.9 Å². The number of nitrogens with zero attached hydrogens (tertiary/aromatic N) is 12. The molecular formula is C36H26N12S2Zn. The fourth-order valence-electron chi connectivity index (χ4n) is 4.88. The molecule has 0 saturated heterocycles. The first-order valence-corrected chi connectivity index (χ1v) is 16.1. The molecule has 12 nitrogen and oxygen atoms in total. The molecule has 0 aliphatic heterocycles. The van der Waals surface area contributed by atoms with E-state index >= 15 is 0 Å². The molecule has 4 aromatic heterocycles. The SMILES string of the molecule is [S-]c1nncn1/N=C/c1cn(-c2ccccc2)nc1-c1ccccc1.[S-]c1nncn1/N=C/c1cn(-c2ccccc2)nc1-c1ccccc1.[Zn+2]. The Morgan fingerprint density at radius 1 is 0.490 bits per heavy atom. The number of aromatic nitrogens is 10. The van der Waals surface area contributed by atoms with E-state index in [2.05, 4.69) is 30.6 Å². The fourth-order valence-corrected chi connectivity index (χ4v) is 5.16. The Bertz CT molecular complexity index is 2180. The van der Waals surface area contributed by atoms with Crippen LogP contribution in [-0.4, -0.2) is 61.7 Å². The molecule has 51 heavy (non-hydrogen) atoms. The standard InChI is InChI=1S/2C18H14N6S.Zn/c2*25-18-21-19-13-24(18)20-11-15-12-23(16-9-5-2-6-10-16)22-17(15)14-7-3-1-4-8-14;/h2*1-13H,(H,21,25);/q;;+2/p-2/b2*20-11+;. The van der Waals surface area contributed by atoms with Gasteiger partial charge in [0.2, 0.25) is 0 Å². The molecule has 15 heteroatoms. The Labute approximate surface area is 316 Å². The summed E-state index contributed by atoms with van der Waals surface area (Å²) in [5, 5.41) is 33.8. The molecule has 4 aromatic carbocycles. The van der Waals surface area contributed by atoms with Gasteiger partial charge in [0.05, 0.1) is 23.8 Å². The summed E-state index contributed by atoms with van der Waals surface area (Å²) in [6.07, 6.45) is 10.3. The number of rotatable bonds is 8. The number of para-hydroxylation sites is 2. The quantitative estimate of drug-likeness (QED) is 0.108. The van der Waals surface area contributed by atoms with Crippen molar-refractivity contribution in [1.29, 1.82) is 0 Å². The minimum Gasteiger partial charge on any atom is -0.738 e. The predicted octanol–water partition coefficient (Wildman–Crippen LogP) is 5.84. The molecule has 0 amide bonds. The van der Waals surface area contributed by atoms with Gasteiger partial charge in [0.15, 0.2) is 0 Å². The van der Waals surface area contributed by atoms with Crippen LogP contribution in [0.5, 0.6) is 0 Å². The van der Waals surface area contributed by atoms with Gasteiger partial charge < -0.3 is 25.3 Å². The first-order valence-electron chi connectivity index (χ1n) is 15.3. The molecule has 4 heterocycles. The van der Waals surface area contributed by atoms with Crippen molar-refractivity contribution in [3.63, 3.8) is 0 Å². The van der Waals surface area contributed by atoms with Crippen molar-refractivity contribution in [2.75, 3.05) is 0 Å². The summed E-state index contributed by atoms with van der Waals surface area (Å²) < 4.78 is 6.57. The second-order valence-electron chi connectivity index (χ2n) is 10.6. The average molecular weight is 756 g/mol. The second-order valence-corrected chi connectivity index (χ2v) is 11.3. The van der Waals surface area contributed by atoms with E-state index in [1.54, 1.807) is 12.4 Å². The average Bonchev–Trinajstić information content (AvgIpc) is 3.99. The molecule has 0 N–H and O–H groups in total. The Morgan fingerprint density at radius 3 is 1.18 bits per heavy atom. The van der Waals surface area contributed by atoms with Gasteiger partial charge in [-0.1, -0.05) is 97.1 Å². The Hall–Kier alpha value is -6.02. The fraction of sp³-hybridized carbons (Fsp3) is 0. The number of hydrogen-bond acceptors (Lipinski definition) is 10. The Kier molecular flexibility index (Phi) is 11.3. The van der Waals surface area contributed by atoms with Crippen LogP contribution >= 0.6 is 0 Å². The van der Waals surface area contributed by atoms with Crippen LogP contribution in [0, 0.1) is 0 Å². The van der Waals surface area contributed by atoms with Gasteiger partial charge in [0, 0.05) is 45.0 Å². The van der Waals surface area contributed by atoms with Crippen molar-refractivity contribution in [3.05, 3.63) is 158 Å². The summed E-state index contributed by atoms with van der Waals surface area (Å²) in [6, 6.07) is 39.9. The summed E-state index contributed by atoms with van der Waals surface area (Å²) in [7, 11) is 0. The summed E-state index contributed by atoms with van der Waals surface area (Å²) in [6.45, 7) is 0. The van der Waals surface area contributed by atoms with Crippen LogP contribution in [0.1, 0.15) is 11.1 Å². The van der Waals surface area contributed by atoms with E-state index in [-0.39, 0.29) is 19.5 Å². The van der Waals surface area contributed by atoms with Gasteiger partial charge in [0.25, 0.3) is 0 Å². The third kappa shape index (κ3) is 8.41. The molecule has 8 rings (SSSR count). The Balaban J connectivity index is 0.000000172. The smallest absolute Gasteiger partial charge is 0.738 e. The van der Waals surface area contributed by atoms with E-state index in [0.717, 1.165) is 45.0 Å². The van der Waals surface area contributed by atoms with Crippen molar-refractivity contribution in [1.82, 2.24) is 49.3 Å². The largest absolute Gasteiger partial charge is 2.00 e. The molecule has 0 aliphatic rings. The van der Waals surface area contributed by atoms with Gasteiger partial charge in [-0.2, -0.15) is 30.6 Å². The summed E-state index contributed by atoms with van der Waals surface area (Å²) in [5.74, 6) is 0. The molecule has 0 unspecified atom stereocenters. The molecule has 0 fully saturated rings. The summed E-state index contributed by atoms with van der Waals surface area (Å²) in [5.41, 5.74) is 7.41. The van der Waals surface area contributed by atoms with E-state index < -0.39 is 0 Å². The first kappa shape index (κ1) is 34.8. The van der Waals surface area contributed by atoms with Gasteiger partial charge in [-0.05, 0) is 24.3 Å². The predicted molar refractivity (Wildman–Crippen MR) is 195 cm³/mol. The molecule has 0 bridgehead atoms. The van der Waals surface area contributed by atoms with Crippen molar-refractivity contribution in [2.45, 2.75) is 10.3 Å². The summed E-state index contributed by atoms with van der Waals surface area (Å²) in [4.78, 5) is 0. The molecule has 0 atom stereocenters. The van der Waals surface area contributed by atoms with Gasteiger partial charge in [0.1, 0.15) is 24.0 Å². The molecular weight excluding hydrogens is 730 g/mol. The van der Waals surface area contributed by atoms with Crippen molar-refractivity contribution in [3.8, 4) is 33.9 Å². The zero-order chi connectivity index (χ0) is 34.1. The van der Waals surface area contributed by atoms with E-state index in [0.29, 0.717) is 10.3 Å². The van der Waals surface area contributed by atoms with E-state index in [1.165, 1.54) is 22.0 Å². The van der Waals surface area contributed by atoms with Gasteiger partial charge in [-0.3, -0.25) is 0 Å². The molecule has 0 saturated carbocycles. The van der Waals surface area contributed by atoms with Gasteiger partial charge in [-0.15, -0.1) is 10.2 Å². The van der Waals surface area contributed by atoms with Gasteiger partial charge in [-0.25, -0.2) is 18.7 Å². The zero-order valence-corrected chi connectivity index (χ0v) is 31.5. The maximum atomic E-state index is 5.06. The van der Waals surface area contributed by atoms with E-state index in [1.807, 2.05) is 143 Å². The number of benzene rings is 4. The third-order valence-electron chi connectivity index (χ3n) is 7.26. The second kappa shape index (κ2) is 16.6. The van der Waals surface area contributed by atoms with E-state index in [4.69, 9.17) is 35.5 Å². The van der Waals surface area contributed by atoms with Crippen LogP contribution in [0.2, 0.25) is 0 Å². The van der Waals surface area contributed by atoms with E-state index in [9.17, 15) is 0 Å². The van der Waals surface area contributed by atoms with Crippen LogP contribution in [0.3, 0.4) is 0 Å². The zero-order valence-electron chi connectivity index (χ0n) is 26.9. The maximum Gasteiger partial charge on any atom is 2.00 e. The van der Waals surface area contributed by atoms with Crippen LogP contribution in [0.4, 0.5) is 0 Å². The summed E-state index contributed by atoms with van der Waals surface area (Å²) >= 11 is 10.1. The van der Waals surface area contributed by atoms with Crippen molar-refractivity contribution >= 4 is 37.7 Å². The molecule has 0 spiro atoms. The third-order valence-corrected chi connectivity index (χ3v) is 7.80. The van der Waals surface area contributed by atoms with Crippen molar-refractivity contribution < 1.29 is 19.5 Å².